The molecule has 2 fully saturated rings. The summed E-state index contributed by atoms with van der Waals surface area (Å²) < 4.78 is 5.78. The van der Waals surface area contributed by atoms with Crippen molar-refractivity contribution in [2.24, 2.45) is 0 Å². The maximum absolute atomic E-state index is 12.6. The second kappa shape index (κ2) is 13.0. The Labute approximate surface area is 259 Å². The highest BCUT2D eigenvalue weighted by molar-refractivity contribution is 6.33. The van der Waals surface area contributed by atoms with Gasteiger partial charge in [-0.2, -0.15) is 4.98 Å². The van der Waals surface area contributed by atoms with E-state index in [0.717, 1.165) is 66.7 Å². The highest BCUT2D eigenvalue weighted by atomic mass is 35.5. The van der Waals surface area contributed by atoms with Crippen LogP contribution >= 0.6 is 11.6 Å². The van der Waals surface area contributed by atoms with E-state index in [1.807, 2.05) is 30.0 Å². The van der Waals surface area contributed by atoms with Gasteiger partial charge in [-0.15, -0.1) is 0 Å². The second-order valence-corrected chi connectivity index (χ2v) is 12.0. The maximum atomic E-state index is 12.6. The number of fused-ring (bicyclic) bond motifs is 1. The number of aromatic nitrogens is 2. The number of rotatable bonds is 8. The molecule has 0 unspecified atom stereocenters. The van der Waals surface area contributed by atoms with Crippen molar-refractivity contribution in [3.8, 4) is 5.75 Å². The molecule has 6 rings (SSSR count). The van der Waals surface area contributed by atoms with Crippen molar-refractivity contribution in [3.63, 3.8) is 0 Å². The van der Waals surface area contributed by atoms with Crippen LogP contribution in [0.2, 0.25) is 5.02 Å². The van der Waals surface area contributed by atoms with Gasteiger partial charge in [-0.3, -0.25) is 9.69 Å². The average Bonchev–Trinajstić information content (AvgIpc) is 3.48. The minimum Gasteiger partial charge on any atom is -0.494 e. The fraction of sp³-hybridized carbons (Fsp3) is 0.469. The van der Waals surface area contributed by atoms with Crippen LogP contribution in [0.25, 0.3) is 0 Å². The number of anilines is 6. The number of hydrogen-bond donors (Lipinski definition) is 2. The zero-order valence-electron chi connectivity index (χ0n) is 25.3. The van der Waals surface area contributed by atoms with Crippen LogP contribution in [-0.4, -0.2) is 91.7 Å². The molecule has 3 aliphatic rings. The van der Waals surface area contributed by atoms with Crippen LogP contribution in [0.3, 0.4) is 0 Å². The molecule has 43 heavy (non-hydrogen) atoms. The van der Waals surface area contributed by atoms with Gasteiger partial charge in [0.2, 0.25) is 11.9 Å². The second-order valence-electron chi connectivity index (χ2n) is 11.5. The number of carbonyl (C=O) groups excluding carboxylic acids is 1. The average molecular weight is 605 g/mol. The van der Waals surface area contributed by atoms with Crippen LogP contribution in [-0.2, 0) is 11.2 Å². The minimum absolute atomic E-state index is 0.0964. The largest absolute Gasteiger partial charge is 0.494 e. The molecule has 3 aliphatic heterocycles. The molecule has 0 saturated carbocycles. The van der Waals surface area contributed by atoms with E-state index in [1.54, 1.807) is 13.3 Å². The Morgan fingerprint density at radius 2 is 1.81 bits per heavy atom. The van der Waals surface area contributed by atoms with Crippen molar-refractivity contribution in [2.75, 3.05) is 80.4 Å². The quantitative estimate of drug-likeness (QED) is 0.363. The molecule has 0 spiro atoms. The zero-order chi connectivity index (χ0) is 29.9. The summed E-state index contributed by atoms with van der Waals surface area (Å²) in [5.41, 5.74) is 4.74. The van der Waals surface area contributed by atoms with E-state index in [4.69, 9.17) is 16.3 Å². The first-order valence-electron chi connectivity index (χ1n) is 15.3. The van der Waals surface area contributed by atoms with E-state index in [2.05, 4.69) is 60.5 Å². The van der Waals surface area contributed by atoms with Crippen molar-refractivity contribution in [1.82, 2.24) is 19.8 Å². The summed E-state index contributed by atoms with van der Waals surface area (Å²) in [4.78, 5) is 31.1. The Hall–Kier alpha value is -3.60. The predicted octanol–water partition coefficient (Wildman–Crippen LogP) is 5.14. The van der Waals surface area contributed by atoms with Gasteiger partial charge in [0.15, 0.2) is 5.82 Å². The number of piperidine rings is 1. The summed E-state index contributed by atoms with van der Waals surface area (Å²) in [5.74, 6) is 1.67. The summed E-state index contributed by atoms with van der Waals surface area (Å²) in [6, 6.07) is 12.9. The van der Waals surface area contributed by atoms with Gasteiger partial charge in [0.05, 0.1) is 30.4 Å². The fourth-order valence-corrected chi connectivity index (χ4v) is 6.55. The Morgan fingerprint density at radius 3 is 2.56 bits per heavy atom. The summed E-state index contributed by atoms with van der Waals surface area (Å²) in [7, 11) is 3.89. The van der Waals surface area contributed by atoms with Crippen molar-refractivity contribution >= 4 is 52.0 Å². The van der Waals surface area contributed by atoms with E-state index in [0.29, 0.717) is 35.8 Å². The van der Waals surface area contributed by atoms with Gasteiger partial charge in [-0.05, 0) is 50.1 Å². The van der Waals surface area contributed by atoms with E-state index in [-0.39, 0.29) is 5.91 Å². The SMILES string of the molecule is CCC(=O)N1CCc2cccc(Nc3nc(Nc4ccc(N5CCC(N6CCN(C)CC6)CC5)cc4OC)ncc3Cl)c21. The number of likely N-dealkylation sites (N-methyl/N-ethyl adjacent to an activating group) is 1. The Kier molecular flexibility index (Phi) is 8.88. The molecule has 2 saturated heterocycles. The summed E-state index contributed by atoms with van der Waals surface area (Å²) in [5, 5.41) is 7.05. The molecule has 1 aromatic heterocycles. The summed E-state index contributed by atoms with van der Waals surface area (Å²) in [6.07, 6.45) is 5.20. The molecule has 4 heterocycles. The topological polar surface area (TPSA) is 89.1 Å². The molecule has 11 heteroatoms. The van der Waals surface area contributed by atoms with E-state index in [9.17, 15) is 4.79 Å². The van der Waals surface area contributed by atoms with E-state index >= 15 is 0 Å². The number of nitrogens with zero attached hydrogens (tertiary/aromatic N) is 6. The molecule has 1 amide bonds. The van der Waals surface area contributed by atoms with Crippen LogP contribution in [0.4, 0.5) is 34.5 Å². The van der Waals surface area contributed by atoms with Gasteiger partial charge in [0, 0.05) is 70.0 Å². The van der Waals surface area contributed by atoms with Gasteiger partial charge in [-0.25, -0.2) is 4.98 Å². The van der Waals surface area contributed by atoms with Gasteiger partial charge < -0.3 is 30.1 Å². The number of nitrogens with one attached hydrogen (secondary N) is 2. The molecule has 2 N–H and O–H groups in total. The molecule has 10 nitrogen and oxygen atoms in total. The molecule has 0 bridgehead atoms. The van der Waals surface area contributed by atoms with Gasteiger partial charge in [0.1, 0.15) is 10.8 Å². The van der Waals surface area contributed by atoms with Gasteiger partial charge >= 0.3 is 0 Å². The van der Waals surface area contributed by atoms with Crippen LogP contribution in [0, 0.1) is 0 Å². The zero-order valence-corrected chi connectivity index (χ0v) is 26.0. The lowest BCUT2D eigenvalue weighted by Gasteiger charge is -2.42. The molecular weight excluding hydrogens is 564 g/mol. The number of para-hydroxylation sites is 1. The number of amides is 1. The molecule has 0 aliphatic carbocycles. The fourth-order valence-electron chi connectivity index (χ4n) is 6.42. The molecule has 2 aromatic carbocycles. The lowest BCUT2D eigenvalue weighted by molar-refractivity contribution is -0.118. The number of methoxy groups -OCH3 is 1. The lowest BCUT2D eigenvalue weighted by atomic mass is 10.0. The van der Waals surface area contributed by atoms with Crippen molar-refractivity contribution in [2.45, 2.75) is 38.6 Å². The van der Waals surface area contributed by atoms with Gasteiger partial charge in [0.25, 0.3) is 0 Å². The highest BCUT2D eigenvalue weighted by Crippen LogP contribution is 2.39. The third kappa shape index (κ3) is 6.37. The van der Waals surface area contributed by atoms with Crippen LogP contribution in [0.5, 0.6) is 5.75 Å². The first-order valence-corrected chi connectivity index (χ1v) is 15.7. The molecule has 0 radical (unpaired) electrons. The van der Waals surface area contributed by atoms with Crippen molar-refractivity contribution in [1.29, 1.82) is 0 Å². The number of piperazine rings is 1. The normalized spacial score (nSPS) is 18.0. The molecule has 3 aromatic rings. The monoisotopic (exact) mass is 604 g/mol. The number of benzene rings is 2. The third-order valence-corrected chi connectivity index (χ3v) is 9.19. The lowest BCUT2D eigenvalue weighted by Crippen LogP contribution is -2.52. The summed E-state index contributed by atoms with van der Waals surface area (Å²) >= 11 is 6.53. The predicted molar refractivity (Wildman–Crippen MR) is 174 cm³/mol. The standard InChI is InChI=1S/C32H41ClN8O2/c1-4-29(42)41-15-10-22-6-5-7-27(30(22)41)35-31-25(33)21-34-32(37-31)36-26-9-8-24(20-28(26)43-3)39-13-11-23(12-14-39)40-18-16-38(2)17-19-40/h5-9,20-21,23H,4,10-19H2,1-3H3,(H2,34,35,36,37). The number of ether oxygens (including phenoxy) is 1. The third-order valence-electron chi connectivity index (χ3n) is 8.91. The van der Waals surface area contributed by atoms with E-state index in [1.165, 1.54) is 25.9 Å². The van der Waals surface area contributed by atoms with Gasteiger partial charge in [-0.1, -0.05) is 30.7 Å². The van der Waals surface area contributed by atoms with Crippen molar-refractivity contribution < 1.29 is 9.53 Å². The highest BCUT2D eigenvalue weighted by Gasteiger charge is 2.28. The number of halogens is 1. The number of carbonyl (C=O) groups is 1. The van der Waals surface area contributed by atoms with Crippen LogP contribution in [0.15, 0.2) is 42.6 Å². The van der Waals surface area contributed by atoms with Crippen LogP contribution in [0.1, 0.15) is 31.7 Å². The van der Waals surface area contributed by atoms with Crippen LogP contribution < -0.4 is 25.2 Å². The smallest absolute Gasteiger partial charge is 0.229 e. The van der Waals surface area contributed by atoms with E-state index < -0.39 is 0 Å². The van der Waals surface area contributed by atoms with Crippen molar-refractivity contribution in [3.05, 3.63) is 53.2 Å². The first kappa shape index (κ1) is 29.5. The first-order chi connectivity index (χ1) is 20.9. The number of hydrogen-bond acceptors (Lipinski definition) is 9. The minimum atomic E-state index is 0.0964. The molecule has 0 atom stereocenters. The molecule has 228 valence electrons. The Balaban J connectivity index is 1.14. The summed E-state index contributed by atoms with van der Waals surface area (Å²) in [6.45, 7) is 9.29. The Bertz CT molecular complexity index is 1450. The maximum Gasteiger partial charge on any atom is 0.229 e. The molecular formula is C32H41ClN8O2. The Morgan fingerprint density at radius 1 is 1.02 bits per heavy atom.